The second kappa shape index (κ2) is 12.7. The number of nitrogens with zero attached hydrogens (tertiary/aromatic N) is 2. The lowest BCUT2D eigenvalue weighted by Gasteiger charge is -2.62. The van der Waals surface area contributed by atoms with E-state index in [1.165, 1.54) is 6.42 Å². The standard InChI is InChI=1S/C30H46IN3O6/c1-18-22-14-21(30(22,3)4)15-24(18)32-29(37)27-26(19(2)36)25(17-35)40-34(27)16-20-6-5-7-23(31)28(20)39-13-10-33-8-11-38-12-9-33/h5-7,18-19,21-22,24-27,35-36H,8-17H2,1-4H3,(H,32,37)/t18-,19-,21?,22-,24-,25-,26+,27-/m0/s1. The molecule has 1 aromatic carbocycles. The van der Waals surface area contributed by atoms with Gasteiger partial charge in [-0.2, -0.15) is 5.06 Å². The average molecular weight is 672 g/mol. The van der Waals surface area contributed by atoms with Gasteiger partial charge in [-0.3, -0.25) is 14.5 Å². The van der Waals surface area contributed by atoms with Crippen molar-refractivity contribution in [1.82, 2.24) is 15.3 Å². The van der Waals surface area contributed by atoms with Crippen LogP contribution in [-0.2, 0) is 20.9 Å². The molecular weight excluding hydrogens is 625 g/mol. The van der Waals surface area contributed by atoms with E-state index < -0.39 is 24.2 Å². The number of carbonyl (C=O) groups is 1. The van der Waals surface area contributed by atoms with E-state index in [-0.39, 0.29) is 18.6 Å². The minimum atomic E-state index is -0.825. The molecule has 8 atom stereocenters. The Labute approximate surface area is 252 Å². The van der Waals surface area contributed by atoms with Crippen LogP contribution in [0.4, 0.5) is 0 Å². The Balaban J connectivity index is 1.31. The van der Waals surface area contributed by atoms with Crippen LogP contribution in [0, 0.1) is 32.7 Å². The van der Waals surface area contributed by atoms with Gasteiger partial charge < -0.3 is 25.0 Å². The van der Waals surface area contributed by atoms with Crippen molar-refractivity contribution < 1.29 is 29.3 Å². The van der Waals surface area contributed by atoms with Gasteiger partial charge in [0.1, 0.15) is 24.5 Å². The Morgan fingerprint density at radius 3 is 2.67 bits per heavy atom. The SMILES string of the molecule is C[C@@H]1[C@@H](NC(=O)[C@@H]2[C@H]([C@H](C)O)[C@H](CO)ON2Cc2cccc(I)c2OCCN2CCOCC2)CC2C[C@@H]1C2(C)C. The molecule has 224 valence electrons. The topological polar surface area (TPSA) is 104 Å². The van der Waals surface area contributed by atoms with Crippen molar-refractivity contribution in [2.45, 2.75) is 71.4 Å². The van der Waals surface area contributed by atoms with E-state index in [2.05, 4.69) is 53.6 Å². The normalized spacial score (nSPS) is 34.7. The largest absolute Gasteiger partial charge is 0.491 e. The van der Waals surface area contributed by atoms with Crippen molar-refractivity contribution in [2.24, 2.45) is 29.1 Å². The van der Waals surface area contributed by atoms with E-state index in [1.807, 2.05) is 18.2 Å². The highest BCUT2D eigenvalue weighted by molar-refractivity contribution is 14.1. The number of carbonyl (C=O) groups excluding carboxylic acids is 1. The summed E-state index contributed by atoms with van der Waals surface area (Å²) in [6.45, 7) is 13.3. The van der Waals surface area contributed by atoms with Crippen LogP contribution < -0.4 is 10.1 Å². The van der Waals surface area contributed by atoms with Crippen molar-refractivity contribution in [3.63, 3.8) is 0 Å². The summed E-state index contributed by atoms with van der Waals surface area (Å²) in [7, 11) is 0. The first kappa shape index (κ1) is 30.4. The van der Waals surface area contributed by atoms with Gasteiger partial charge in [0.25, 0.3) is 0 Å². The summed E-state index contributed by atoms with van der Waals surface area (Å²) in [6.07, 6.45) is 0.725. The maximum Gasteiger partial charge on any atom is 0.240 e. The monoisotopic (exact) mass is 671 g/mol. The minimum absolute atomic E-state index is 0.103. The van der Waals surface area contributed by atoms with Crippen LogP contribution in [0.5, 0.6) is 5.75 Å². The first-order valence-corrected chi connectivity index (χ1v) is 15.9. The second-order valence-corrected chi connectivity index (χ2v) is 13.9. The third kappa shape index (κ3) is 6.05. The molecule has 1 aromatic rings. The number of ether oxygens (including phenoxy) is 2. The van der Waals surface area contributed by atoms with Gasteiger partial charge in [0.05, 0.1) is 36.0 Å². The van der Waals surface area contributed by atoms with Gasteiger partial charge in [-0.1, -0.05) is 32.9 Å². The van der Waals surface area contributed by atoms with Crippen LogP contribution in [0.2, 0.25) is 0 Å². The summed E-state index contributed by atoms with van der Waals surface area (Å²) >= 11 is 2.28. The molecule has 2 saturated heterocycles. The van der Waals surface area contributed by atoms with Gasteiger partial charge in [-0.25, -0.2) is 0 Å². The van der Waals surface area contributed by atoms with Crippen LogP contribution in [0.15, 0.2) is 18.2 Å². The molecule has 3 saturated carbocycles. The number of morpholine rings is 1. The lowest BCUT2D eigenvalue weighted by Crippen LogP contribution is -2.62. The number of rotatable bonds is 10. The van der Waals surface area contributed by atoms with E-state index in [4.69, 9.17) is 14.3 Å². The van der Waals surface area contributed by atoms with Crippen LogP contribution >= 0.6 is 22.6 Å². The maximum absolute atomic E-state index is 13.9. The van der Waals surface area contributed by atoms with E-state index in [0.29, 0.717) is 36.3 Å². The molecule has 5 aliphatic rings. The number of hydrogen-bond donors (Lipinski definition) is 3. The summed E-state index contributed by atoms with van der Waals surface area (Å²) in [5.74, 6) is 1.70. The predicted octanol–water partition coefficient (Wildman–Crippen LogP) is 2.66. The lowest BCUT2D eigenvalue weighted by molar-refractivity contribution is -0.183. The van der Waals surface area contributed by atoms with Gasteiger partial charge in [0, 0.05) is 37.2 Å². The molecule has 40 heavy (non-hydrogen) atoms. The number of hydrogen-bond acceptors (Lipinski definition) is 8. The van der Waals surface area contributed by atoms with Crippen molar-refractivity contribution in [3.8, 4) is 5.75 Å². The van der Waals surface area contributed by atoms with Crippen LogP contribution in [0.25, 0.3) is 0 Å². The van der Waals surface area contributed by atoms with E-state index in [0.717, 1.165) is 54.2 Å². The highest BCUT2D eigenvalue weighted by atomic mass is 127. The van der Waals surface area contributed by atoms with Crippen molar-refractivity contribution in [2.75, 3.05) is 46.1 Å². The molecule has 9 nitrogen and oxygen atoms in total. The van der Waals surface area contributed by atoms with E-state index in [1.54, 1.807) is 12.0 Å². The Morgan fingerprint density at radius 2 is 2.02 bits per heavy atom. The van der Waals surface area contributed by atoms with Crippen LogP contribution in [0.1, 0.15) is 46.1 Å². The molecule has 2 heterocycles. The second-order valence-electron chi connectivity index (χ2n) is 12.8. The number of fused-ring (bicyclic) bond motifs is 2. The molecule has 3 aliphatic carbocycles. The quantitative estimate of drug-likeness (QED) is 0.327. The van der Waals surface area contributed by atoms with Crippen LogP contribution in [-0.4, -0.2) is 96.4 Å². The fraction of sp³-hybridized carbons (Fsp3) is 0.767. The van der Waals surface area contributed by atoms with Gasteiger partial charge in [-0.05, 0) is 71.6 Å². The molecule has 2 bridgehead atoms. The van der Waals surface area contributed by atoms with Gasteiger partial charge in [0.2, 0.25) is 5.91 Å². The molecule has 5 fully saturated rings. The van der Waals surface area contributed by atoms with Crippen molar-refractivity contribution >= 4 is 28.5 Å². The molecule has 1 unspecified atom stereocenters. The van der Waals surface area contributed by atoms with E-state index in [9.17, 15) is 15.0 Å². The molecule has 2 aliphatic heterocycles. The summed E-state index contributed by atoms with van der Waals surface area (Å²) in [5.41, 5.74) is 1.24. The number of aliphatic hydroxyl groups is 2. The van der Waals surface area contributed by atoms with Gasteiger partial charge >= 0.3 is 0 Å². The summed E-state index contributed by atoms with van der Waals surface area (Å²) in [4.78, 5) is 22.5. The Morgan fingerprint density at radius 1 is 1.27 bits per heavy atom. The Kier molecular flexibility index (Phi) is 9.66. The zero-order valence-electron chi connectivity index (χ0n) is 24.2. The summed E-state index contributed by atoms with van der Waals surface area (Å²) < 4.78 is 12.7. The van der Waals surface area contributed by atoms with Crippen LogP contribution in [0.3, 0.4) is 0 Å². The molecule has 6 rings (SSSR count). The molecular formula is C30H46IN3O6. The number of halogens is 1. The zero-order chi connectivity index (χ0) is 28.6. The number of benzene rings is 1. The van der Waals surface area contributed by atoms with E-state index >= 15 is 0 Å². The fourth-order valence-corrected chi connectivity index (χ4v) is 8.30. The maximum atomic E-state index is 13.9. The number of amides is 1. The summed E-state index contributed by atoms with van der Waals surface area (Å²) in [6, 6.07) is 5.35. The minimum Gasteiger partial charge on any atom is -0.491 e. The first-order chi connectivity index (χ1) is 19.1. The molecule has 0 radical (unpaired) electrons. The molecule has 1 amide bonds. The van der Waals surface area contributed by atoms with Crippen molar-refractivity contribution in [3.05, 3.63) is 27.3 Å². The number of para-hydroxylation sites is 1. The van der Waals surface area contributed by atoms with Gasteiger partial charge in [0.15, 0.2) is 0 Å². The zero-order valence-corrected chi connectivity index (χ0v) is 26.4. The lowest BCUT2D eigenvalue weighted by atomic mass is 9.45. The average Bonchev–Trinajstić information content (AvgIpc) is 3.30. The molecule has 10 heteroatoms. The van der Waals surface area contributed by atoms with Crippen molar-refractivity contribution in [1.29, 1.82) is 0 Å². The smallest absolute Gasteiger partial charge is 0.240 e. The fourth-order valence-electron chi connectivity index (χ4n) is 7.59. The molecule has 0 spiro atoms. The van der Waals surface area contributed by atoms with Gasteiger partial charge in [-0.15, -0.1) is 0 Å². The molecule has 0 aromatic heterocycles. The third-order valence-electron chi connectivity index (χ3n) is 10.2. The number of aliphatic hydroxyl groups excluding tert-OH is 2. The third-order valence-corrected chi connectivity index (χ3v) is 11.0. The Bertz CT molecular complexity index is 1030. The summed E-state index contributed by atoms with van der Waals surface area (Å²) in [5, 5.41) is 25.9. The Hall–Kier alpha value is -1.02. The number of nitrogens with one attached hydrogen (secondary N) is 1. The highest BCUT2D eigenvalue weighted by Crippen LogP contribution is 2.61. The number of hydroxylamine groups is 2. The first-order valence-electron chi connectivity index (χ1n) is 14.8. The highest BCUT2D eigenvalue weighted by Gasteiger charge is 2.57. The molecule has 3 N–H and O–H groups in total. The predicted molar refractivity (Wildman–Crippen MR) is 159 cm³/mol.